The number of aryl methyl sites for hydroxylation is 2. The minimum atomic E-state index is 0.157. The monoisotopic (exact) mass is 440 g/mol. The molecule has 0 bridgehead atoms. The van der Waals surface area contributed by atoms with Crippen molar-refractivity contribution in [2.24, 2.45) is 0 Å². The molecule has 0 fully saturated rings. The van der Waals surface area contributed by atoms with E-state index in [0.717, 1.165) is 11.0 Å². The van der Waals surface area contributed by atoms with Crippen molar-refractivity contribution in [1.29, 1.82) is 0 Å². The third-order valence-corrected chi connectivity index (χ3v) is 9.07. The lowest BCUT2D eigenvalue weighted by atomic mass is 9.92. The fourth-order valence-electron chi connectivity index (χ4n) is 3.98. The molecule has 0 unspecified atom stereocenters. The topological polar surface area (TPSA) is 25.8 Å². The molecule has 0 amide bonds. The first-order valence-corrected chi connectivity index (χ1v) is 12.3. The minimum Gasteiger partial charge on any atom is -0.172 e. The molecular formula is C24H28N2S3. The van der Waals surface area contributed by atoms with Crippen molar-refractivity contribution >= 4 is 45.4 Å². The van der Waals surface area contributed by atoms with Gasteiger partial charge in [0.25, 0.3) is 0 Å². The average molecular weight is 441 g/mol. The Labute approximate surface area is 186 Å². The fraction of sp³-hybridized carbons (Fsp3) is 0.417. The zero-order valence-electron chi connectivity index (χ0n) is 18.4. The van der Waals surface area contributed by atoms with Crippen LogP contribution in [-0.4, -0.2) is 8.75 Å². The van der Waals surface area contributed by atoms with E-state index in [2.05, 4.69) is 79.7 Å². The number of aromatic nitrogens is 2. The second-order valence-corrected chi connectivity index (χ2v) is 12.5. The van der Waals surface area contributed by atoms with E-state index >= 15 is 0 Å². The third kappa shape index (κ3) is 3.69. The number of nitrogens with zero attached hydrogens (tertiary/aromatic N) is 2. The van der Waals surface area contributed by atoms with E-state index in [9.17, 15) is 0 Å². The Bertz CT molecular complexity index is 1100. The number of thiophene rings is 2. The van der Waals surface area contributed by atoms with E-state index in [-0.39, 0.29) is 10.8 Å². The molecule has 0 spiro atoms. The Morgan fingerprint density at radius 1 is 0.655 bits per heavy atom. The van der Waals surface area contributed by atoms with E-state index in [1.807, 2.05) is 22.7 Å². The molecule has 0 atom stereocenters. The van der Waals surface area contributed by atoms with Gasteiger partial charge in [0.05, 0.1) is 11.7 Å². The molecule has 3 aromatic heterocycles. The highest BCUT2D eigenvalue weighted by Crippen LogP contribution is 2.44. The molecule has 1 aromatic carbocycles. The van der Waals surface area contributed by atoms with Gasteiger partial charge in [0.1, 0.15) is 11.0 Å². The van der Waals surface area contributed by atoms with E-state index < -0.39 is 0 Å². The van der Waals surface area contributed by atoms with Gasteiger partial charge in [0, 0.05) is 30.6 Å². The number of rotatable bonds is 2. The molecule has 0 saturated carbocycles. The van der Waals surface area contributed by atoms with E-state index in [1.54, 1.807) is 0 Å². The molecule has 0 aliphatic rings. The average Bonchev–Trinajstić information content (AvgIpc) is 3.30. The lowest BCUT2D eigenvalue weighted by Crippen LogP contribution is -2.09. The smallest absolute Gasteiger partial charge is 0.114 e. The molecule has 4 aromatic rings. The van der Waals surface area contributed by atoms with Crippen molar-refractivity contribution in [3.63, 3.8) is 0 Å². The molecule has 3 heterocycles. The van der Waals surface area contributed by atoms with Gasteiger partial charge in [0.2, 0.25) is 0 Å². The molecule has 0 radical (unpaired) electrons. The van der Waals surface area contributed by atoms with Crippen molar-refractivity contribution in [3.05, 3.63) is 45.1 Å². The van der Waals surface area contributed by atoms with Crippen molar-refractivity contribution in [3.8, 4) is 20.9 Å². The molecule has 2 nitrogen and oxygen atoms in total. The van der Waals surface area contributed by atoms with Crippen LogP contribution in [0, 0.1) is 13.8 Å². The van der Waals surface area contributed by atoms with Gasteiger partial charge in [-0.2, -0.15) is 8.75 Å². The van der Waals surface area contributed by atoms with Crippen LogP contribution >= 0.6 is 34.4 Å². The van der Waals surface area contributed by atoms with Crippen molar-refractivity contribution < 1.29 is 0 Å². The molecule has 0 saturated heterocycles. The first-order chi connectivity index (χ1) is 13.5. The first-order valence-electron chi connectivity index (χ1n) is 9.94. The second-order valence-electron chi connectivity index (χ2n) is 9.87. The van der Waals surface area contributed by atoms with Gasteiger partial charge < -0.3 is 0 Å². The SMILES string of the molecule is Cc1cc(-c2ccc(-c3cc(C)c(C(C)(C)C)s3)c3nsnc23)sc1C(C)(C)C. The number of hydrogen-bond donors (Lipinski definition) is 0. The summed E-state index contributed by atoms with van der Waals surface area (Å²) in [5.41, 5.74) is 7.49. The Morgan fingerprint density at radius 2 is 1.03 bits per heavy atom. The highest BCUT2D eigenvalue weighted by molar-refractivity contribution is 7.16. The fourth-order valence-corrected chi connectivity index (χ4v) is 7.07. The van der Waals surface area contributed by atoms with Crippen LogP contribution in [0.4, 0.5) is 0 Å². The van der Waals surface area contributed by atoms with Crippen LogP contribution in [0.15, 0.2) is 24.3 Å². The quantitative estimate of drug-likeness (QED) is 0.313. The highest BCUT2D eigenvalue weighted by atomic mass is 32.1. The van der Waals surface area contributed by atoms with Crippen LogP contribution in [0.2, 0.25) is 0 Å². The Morgan fingerprint density at radius 3 is 1.34 bits per heavy atom. The van der Waals surface area contributed by atoms with E-state index in [1.165, 1.54) is 53.5 Å². The van der Waals surface area contributed by atoms with Crippen LogP contribution in [0.5, 0.6) is 0 Å². The summed E-state index contributed by atoms with van der Waals surface area (Å²) < 4.78 is 9.40. The van der Waals surface area contributed by atoms with Crippen LogP contribution < -0.4 is 0 Å². The summed E-state index contributed by atoms with van der Waals surface area (Å²) in [6.07, 6.45) is 0. The van der Waals surface area contributed by atoms with Crippen molar-refractivity contribution in [2.45, 2.75) is 66.2 Å². The van der Waals surface area contributed by atoms with Crippen molar-refractivity contribution in [1.82, 2.24) is 8.75 Å². The summed E-state index contributed by atoms with van der Waals surface area (Å²) in [6, 6.07) is 9.10. The van der Waals surface area contributed by atoms with Crippen molar-refractivity contribution in [2.75, 3.05) is 0 Å². The van der Waals surface area contributed by atoms with Gasteiger partial charge in [-0.1, -0.05) is 53.7 Å². The molecule has 5 heteroatoms. The molecule has 4 rings (SSSR count). The molecule has 29 heavy (non-hydrogen) atoms. The van der Waals surface area contributed by atoms with E-state index in [0.29, 0.717) is 0 Å². The van der Waals surface area contributed by atoms with Gasteiger partial charge in [-0.3, -0.25) is 0 Å². The first kappa shape index (κ1) is 20.7. The number of benzene rings is 1. The van der Waals surface area contributed by atoms with Gasteiger partial charge in [-0.05, 0) is 47.9 Å². The van der Waals surface area contributed by atoms with E-state index in [4.69, 9.17) is 8.75 Å². The normalized spacial score (nSPS) is 12.8. The summed E-state index contributed by atoms with van der Waals surface area (Å²) in [6.45, 7) is 18.1. The van der Waals surface area contributed by atoms with Gasteiger partial charge in [-0.15, -0.1) is 22.7 Å². The third-order valence-electron chi connectivity index (χ3n) is 5.14. The van der Waals surface area contributed by atoms with Crippen LogP contribution in [0.25, 0.3) is 31.9 Å². The largest absolute Gasteiger partial charge is 0.172 e. The zero-order valence-corrected chi connectivity index (χ0v) is 20.9. The Hall–Kier alpha value is -1.56. The zero-order chi connectivity index (χ0) is 21.1. The summed E-state index contributed by atoms with van der Waals surface area (Å²) >= 11 is 5.09. The summed E-state index contributed by atoms with van der Waals surface area (Å²) in [5.74, 6) is 0. The van der Waals surface area contributed by atoms with Crippen LogP contribution in [-0.2, 0) is 10.8 Å². The maximum atomic E-state index is 4.70. The number of fused-ring (bicyclic) bond motifs is 1. The van der Waals surface area contributed by atoms with Gasteiger partial charge in [-0.25, -0.2) is 0 Å². The predicted octanol–water partition coefficient (Wildman–Crippen LogP) is 8.36. The molecule has 152 valence electrons. The minimum absolute atomic E-state index is 0.157. The molecule has 0 N–H and O–H groups in total. The lowest BCUT2D eigenvalue weighted by molar-refractivity contribution is 0.600. The Kier molecular flexibility index (Phi) is 5.00. The number of hydrogen-bond acceptors (Lipinski definition) is 5. The summed E-state index contributed by atoms with van der Waals surface area (Å²) in [4.78, 5) is 5.46. The lowest BCUT2D eigenvalue weighted by Gasteiger charge is -2.17. The molecule has 0 aliphatic heterocycles. The van der Waals surface area contributed by atoms with Crippen LogP contribution in [0.3, 0.4) is 0 Å². The molecular weight excluding hydrogens is 412 g/mol. The van der Waals surface area contributed by atoms with Gasteiger partial charge in [0.15, 0.2) is 0 Å². The highest BCUT2D eigenvalue weighted by Gasteiger charge is 2.24. The summed E-state index contributed by atoms with van der Waals surface area (Å²) in [5, 5.41) is 0. The standard InChI is InChI=1S/C24H28N2S3/c1-13-11-17(27-21(13)23(3,4)5)15-9-10-16(20-19(15)25-29-26-20)18-12-14(2)22(28-18)24(6,7)8/h9-12H,1-8H3. The Balaban J connectivity index is 1.86. The maximum Gasteiger partial charge on any atom is 0.114 e. The predicted molar refractivity (Wildman–Crippen MR) is 131 cm³/mol. The molecule has 0 aliphatic carbocycles. The maximum absolute atomic E-state index is 4.70. The summed E-state index contributed by atoms with van der Waals surface area (Å²) in [7, 11) is 0. The second kappa shape index (κ2) is 7.00. The van der Waals surface area contributed by atoms with Crippen LogP contribution in [0.1, 0.15) is 62.4 Å². The van der Waals surface area contributed by atoms with Gasteiger partial charge >= 0.3 is 0 Å².